The molecule has 1 N–H and O–H groups in total. The summed E-state index contributed by atoms with van der Waals surface area (Å²) in [6.07, 6.45) is 2.26. The SMILES string of the molecule is COc1ccc2c(c1)CNCC=C2c1ccccc1. The van der Waals surface area contributed by atoms with E-state index >= 15 is 0 Å². The summed E-state index contributed by atoms with van der Waals surface area (Å²) in [6, 6.07) is 16.8. The van der Waals surface area contributed by atoms with E-state index in [-0.39, 0.29) is 0 Å². The molecule has 0 radical (unpaired) electrons. The molecule has 1 aliphatic rings. The molecular weight excluding hydrogens is 234 g/mol. The van der Waals surface area contributed by atoms with Crippen molar-refractivity contribution in [2.45, 2.75) is 6.54 Å². The van der Waals surface area contributed by atoms with Crippen LogP contribution < -0.4 is 10.1 Å². The van der Waals surface area contributed by atoms with Crippen LogP contribution in [0.4, 0.5) is 0 Å². The Labute approximate surface area is 113 Å². The van der Waals surface area contributed by atoms with Gasteiger partial charge in [-0.3, -0.25) is 0 Å². The third-order valence-corrected chi connectivity index (χ3v) is 3.45. The van der Waals surface area contributed by atoms with Crippen LogP contribution in [0.25, 0.3) is 5.57 Å². The Morgan fingerprint density at radius 2 is 1.89 bits per heavy atom. The van der Waals surface area contributed by atoms with Crippen LogP contribution in [0.5, 0.6) is 5.75 Å². The van der Waals surface area contributed by atoms with Gasteiger partial charge in [-0.05, 0) is 34.4 Å². The van der Waals surface area contributed by atoms with Gasteiger partial charge in [-0.2, -0.15) is 0 Å². The second-order valence-electron chi connectivity index (χ2n) is 4.64. The van der Waals surface area contributed by atoms with Gasteiger partial charge in [0.15, 0.2) is 0 Å². The second kappa shape index (κ2) is 5.29. The van der Waals surface area contributed by atoms with Gasteiger partial charge in [0.05, 0.1) is 7.11 Å². The van der Waals surface area contributed by atoms with E-state index in [9.17, 15) is 0 Å². The number of rotatable bonds is 2. The van der Waals surface area contributed by atoms with Gasteiger partial charge in [0.1, 0.15) is 5.75 Å². The predicted molar refractivity (Wildman–Crippen MR) is 78.2 cm³/mol. The molecule has 0 aromatic heterocycles. The van der Waals surface area contributed by atoms with E-state index in [2.05, 4.69) is 47.8 Å². The van der Waals surface area contributed by atoms with Gasteiger partial charge < -0.3 is 10.1 Å². The number of hydrogen-bond acceptors (Lipinski definition) is 2. The number of methoxy groups -OCH3 is 1. The normalized spacial score (nSPS) is 14.3. The quantitative estimate of drug-likeness (QED) is 0.884. The zero-order chi connectivity index (χ0) is 13.1. The molecule has 0 saturated carbocycles. The van der Waals surface area contributed by atoms with Gasteiger partial charge in [-0.25, -0.2) is 0 Å². The van der Waals surface area contributed by atoms with Crippen LogP contribution in [-0.2, 0) is 6.54 Å². The third kappa shape index (κ3) is 2.40. The van der Waals surface area contributed by atoms with Crippen molar-refractivity contribution in [1.82, 2.24) is 5.32 Å². The van der Waals surface area contributed by atoms with E-state index in [1.54, 1.807) is 7.11 Å². The molecule has 0 atom stereocenters. The maximum atomic E-state index is 5.31. The molecule has 0 aliphatic carbocycles. The van der Waals surface area contributed by atoms with E-state index < -0.39 is 0 Å². The van der Waals surface area contributed by atoms with Gasteiger partial charge in [0, 0.05) is 13.1 Å². The van der Waals surface area contributed by atoms with Crippen LogP contribution in [-0.4, -0.2) is 13.7 Å². The number of ether oxygens (including phenoxy) is 1. The first-order chi connectivity index (χ1) is 9.38. The minimum absolute atomic E-state index is 0.874. The first-order valence-electron chi connectivity index (χ1n) is 6.52. The average molecular weight is 251 g/mol. The zero-order valence-electron chi connectivity index (χ0n) is 11.0. The molecule has 19 heavy (non-hydrogen) atoms. The van der Waals surface area contributed by atoms with E-state index in [4.69, 9.17) is 4.74 Å². The summed E-state index contributed by atoms with van der Waals surface area (Å²) < 4.78 is 5.31. The molecule has 2 heteroatoms. The lowest BCUT2D eigenvalue weighted by Gasteiger charge is -2.12. The first-order valence-corrected chi connectivity index (χ1v) is 6.52. The molecule has 1 aliphatic heterocycles. The highest BCUT2D eigenvalue weighted by Gasteiger charge is 2.13. The molecular formula is C17H17NO. The molecule has 0 bridgehead atoms. The molecule has 0 fully saturated rings. The van der Waals surface area contributed by atoms with Gasteiger partial charge in [0.25, 0.3) is 0 Å². The number of nitrogens with one attached hydrogen (secondary N) is 1. The predicted octanol–water partition coefficient (Wildman–Crippen LogP) is 3.23. The highest BCUT2D eigenvalue weighted by molar-refractivity contribution is 5.82. The number of fused-ring (bicyclic) bond motifs is 1. The first kappa shape index (κ1) is 12.0. The fourth-order valence-corrected chi connectivity index (χ4v) is 2.49. The number of benzene rings is 2. The fourth-order valence-electron chi connectivity index (χ4n) is 2.49. The summed E-state index contributed by atoms with van der Waals surface area (Å²) in [5.74, 6) is 0.912. The molecule has 3 rings (SSSR count). The van der Waals surface area contributed by atoms with Crippen LogP contribution in [0.2, 0.25) is 0 Å². The van der Waals surface area contributed by atoms with Crippen molar-refractivity contribution in [2.75, 3.05) is 13.7 Å². The van der Waals surface area contributed by atoms with Crippen molar-refractivity contribution in [3.8, 4) is 5.75 Å². The molecule has 2 aromatic carbocycles. The monoisotopic (exact) mass is 251 g/mol. The second-order valence-corrected chi connectivity index (χ2v) is 4.64. The summed E-state index contributed by atoms with van der Waals surface area (Å²) in [5.41, 5.74) is 5.13. The summed E-state index contributed by atoms with van der Waals surface area (Å²) in [7, 11) is 1.71. The highest BCUT2D eigenvalue weighted by Crippen LogP contribution is 2.30. The smallest absolute Gasteiger partial charge is 0.119 e. The topological polar surface area (TPSA) is 21.3 Å². The Hall–Kier alpha value is -2.06. The van der Waals surface area contributed by atoms with Gasteiger partial charge in [-0.15, -0.1) is 0 Å². The summed E-state index contributed by atoms with van der Waals surface area (Å²) in [5, 5.41) is 3.42. The van der Waals surface area contributed by atoms with Crippen molar-refractivity contribution >= 4 is 5.57 Å². The largest absolute Gasteiger partial charge is 0.497 e. The molecule has 96 valence electrons. The van der Waals surface area contributed by atoms with E-state index in [0.29, 0.717) is 0 Å². The number of hydrogen-bond donors (Lipinski definition) is 1. The molecule has 0 spiro atoms. The highest BCUT2D eigenvalue weighted by atomic mass is 16.5. The van der Waals surface area contributed by atoms with Crippen LogP contribution in [0, 0.1) is 0 Å². The van der Waals surface area contributed by atoms with Crippen molar-refractivity contribution in [2.24, 2.45) is 0 Å². The molecule has 2 nitrogen and oxygen atoms in total. The molecule has 2 aromatic rings. The zero-order valence-corrected chi connectivity index (χ0v) is 11.0. The Morgan fingerprint density at radius 3 is 2.68 bits per heavy atom. The van der Waals surface area contributed by atoms with Crippen molar-refractivity contribution in [1.29, 1.82) is 0 Å². The lowest BCUT2D eigenvalue weighted by molar-refractivity contribution is 0.414. The average Bonchev–Trinajstić information content (AvgIpc) is 2.69. The van der Waals surface area contributed by atoms with Gasteiger partial charge >= 0.3 is 0 Å². The van der Waals surface area contributed by atoms with Crippen LogP contribution in [0.1, 0.15) is 16.7 Å². The fraction of sp³-hybridized carbons (Fsp3) is 0.176. The van der Waals surface area contributed by atoms with Crippen molar-refractivity contribution in [3.63, 3.8) is 0 Å². The third-order valence-electron chi connectivity index (χ3n) is 3.45. The van der Waals surface area contributed by atoms with Gasteiger partial charge in [0.2, 0.25) is 0 Å². The Balaban J connectivity index is 2.10. The Kier molecular flexibility index (Phi) is 3.34. The van der Waals surface area contributed by atoms with Gasteiger partial charge in [-0.1, -0.05) is 42.5 Å². The minimum atomic E-state index is 0.874. The van der Waals surface area contributed by atoms with Crippen molar-refractivity contribution < 1.29 is 4.74 Å². The standard InChI is InChI=1S/C17H17NO/c1-19-15-7-8-16-14(11-15)12-18-10-9-17(16)13-5-3-2-4-6-13/h2-9,11,18H,10,12H2,1H3. The molecule has 0 amide bonds. The molecule has 0 unspecified atom stereocenters. The maximum absolute atomic E-state index is 5.31. The van der Waals surface area contributed by atoms with Crippen LogP contribution in [0.15, 0.2) is 54.6 Å². The van der Waals surface area contributed by atoms with E-state index in [1.807, 2.05) is 12.1 Å². The summed E-state index contributed by atoms with van der Waals surface area (Å²) in [6.45, 7) is 1.76. The minimum Gasteiger partial charge on any atom is -0.497 e. The van der Waals surface area contributed by atoms with Crippen LogP contribution in [0.3, 0.4) is 0 Å². The maximum Gasteiger partial charge on any atom is 0.119 e. The molecule has 0 saturated heterocycles. The summed E-state index contributed by atoms with van der Waals surface area (Å²) >= 11 is 0. The van der Waals surface area contributed by atoms with Crippen LogP contribution >= 0.6 is 0 Å². The lowest BCUT2D eigenvalue weighted by atomic mass is 9.94. The molecule has 1 heterocycles. The van der Waals surface area contributed by atoms with E-state index in [0.717, 1.165) is 18.8 Å². The summed E-state index contributed by atoms with van der Waals surface area (Å²) in [4.78, 5) is 0. The lowest BCUT2D eigenvalue weighted by Crippen LogP contribution is -2.11. The van der Waals surface area contributed by atoms with E-state index in [1.165, 1.54) is 22.3 Å². The Morgan fingerprint density at radius 1 is 1.05 bits per heavy atom. The van der Waals surface area contributed by atoms with Crippen molar-refractivity contribution in [3.05, 3.63) is 71.3 Å². The Bertz CT molecular complexity index is 602.